The summed E-state index contributed by atoms with van der Waals surface area (Å²) in [6.45, 7) is 3.79. The van der Waals surface area contributed by atoms with Crippen molar-refractivity contribution in [1.29, 1.82) is 0 Å². The van der Waals surface area contributed by atoms with Crippen LogP contribution in [0.25, 0.3) is 0 Å². The second-order valence-electron chi connectivity index (χ2n) is 12.2. The van der Waals surface area contributed by atoms with Gasteiger partial charge < -0.3 is 14.6 Å². The molecule has 5 heteroatoms. The van der Waals surface area contributed by atoms with Crippen molar-refractivity contribution in [2.75, 3.05) is 13.7 Å². The third kappa shape index (κ3) is 8.82. The first-order valence-corrected chi connectivity index (χ1v) is 15.6. The van der Waals surface area contributed by atoms with E-state index in [1.165, 1.54) is 30.4 Å². The SMILES string of the molecule is C.C.C.C.COc1ccc(C2(c3ccc(C(=O)Oc4ccc(C(C)(CCCO)c5ccc(C(C)=O)cc5)cc4)cc3)CCCCC2)cc1. The maximum absolute atomic E-state index is 13.2. The van der Waals surface area contributed by atoms with Crippen molar-refractivity contribution in [3.05, 3.63) is 130 Å². The second kappa shape index (κ2) is 18.4. The van der Waals surface area contributed by atoms with Gasteiger partial charge in [-0.3, -0.25) is 4.79 Å². The van der Waals surface area contributed by atoms with Gasteiger partial charge in [-0.1, -0.05) is 117 Å². The molecule has 0 amide bonds. The number of carbonyl (C=O) groups is 2. The maximum atomic E-state index is 13.2. The van der Waals surface area contributed by atoms with Gasteiger partial charge in [0.1, 0.15) is 11.5 Å². The monoisotopic (exact) mass is 654 g/mol. The summed E-state index contributed by atoms with van der Waals surface area (Å²) in [5, 5.41) is 9.57. The zero-order valence-corrected chi connectivity index (χ0v) is 26.0. The van der Waals surface area contributed by atoms with Crippen LogP contribution >= 0.6 is 0 Å². The lowest BCUT2D eigenvalue weighted by Gasteiger charge is -2.38. The molecule has 0 spiro atoms. The molecule has 0 radical (unpaired) electrons. The Bertz CT molecular complexity index is 1550. The molecule has 0 heterocycles. The van der Waals surface area contributed by atoms with Crippen molar-refractivity contribution < 1.29 is 24.2 Å². The fraction of sp³-hybridized carbons (Fsp3) is 0.395. The number of ether oxygens (including phenoxy) is 2. The molecule has 5 nitrogen and oxygen atoms in total. The molecule has 1 aliphatic rings. The summed E-state index contributed by atoms with van der Waals surface area (Å²) in [5.41, 5.74) is 5.34. The van der Waals surface area contributed by atoms with E-state index in [0.717, 1.165) is 36.1 Å². The molecular formula is C43H58O5. The van der Waals surface area contributed by atoms with Crippen LogP contribution in [-0.2, 0) is 10.8 Å². The summed E-state index contributed by atoms with van der Waals surface area (Å²) in [6, 6.07) is 31.6. The predicted molar refractivity (Wildman–Crippen MR) is 201 cm³/mol. The minimum Gasteiger partial charge on any atom is -0.497 e. The van der Waals surface area contributed by atoms with E-state index in [2.05, 4.69) is 31.2 Å². The lowest BCUT2D eigenvalue weighted by atomic mass is 9.65. The van der Waals surface area contributed by atoms with Crippen LogP contribution in [0.2, 0.25) is 0 Å². The number of esters is 1. The third-order valence-electron chi connectivity index (χ3n) is 9.49. The Hall–Kier alpha value is -4.22. The van der Waals surface area contributed by atoms with E-state index < -0.39 is 5.97 Å². The summed E-state index contributed by atoms with van der Waals surface area (Å²) in [7, 11) is 1.69. The molecule has 1 saturated carbocycles. The van der Waals surface area contributed by atoms with Gasteiger partial charge in [0.25, 0.3) is 0 Å². The van der Waals surface area contributed by atoms with E-state index in [9.17, 15) is 14.7 Å². The van der Waals surface area contributed by atoms with Crippen LogP contribution in [0.3, 0.4) is 0 Å². The number of aliphatic hydroxyl groups is 1. The van der Waals surface area contributed by atoms with E-state index in [4.69, 9.17) is 9.47 Å². The van der Waals surface area contributed by atoms with E-state index in [1.807, 2.05) is 72.8 Å². The molecule has 0 saturated heterocycles. The molecule has 0 aliphatic heterocycles. The van der Waals surface area contributed by atoms with Gasteiger partial charge in [0.05, 0.1) is 12.7 Å². The Morgan fingerprint density at radius 1 is 0.688 bits per heavy atom. The van der Waals surface area contributed by atoms with Crippen molar-refractivity contribution >= 4 is 11.8 Å². The molecule has 1 N–H and O–H groups in total. The van der Waals surface area contributed by atoms with Gasteiger partial charge in [-0.05, 0) is 91.3 Å². The summed E-state index contributed by atoms with van der Waals surface area (Å²) >= 11 is 0. The zero-order valence-electron chi connectivity index (χ0n) is 26.0. The van der Waals surface area contributed by atoms with Crippen LogP contribution < -0.4 is 9.47 Å². The highest BCUT2D eigenvalue weighted by atomic mass is 16.5. The molecule has 5 rings (SSSR count). The largest absolute Gasteiger partial charge is 0.497 e. The normalized spacial score (nSPS) is 14.3. The number of hydrogen-bond donors (Lipinski definition) is 1. The van der Waals surface area contributed by atoms with Crippen molar-refractivity contribution in [3.63, 3.8) is 0 Å². The van der Waals surface area contributed by atoms with Crippen molar-refractivity contribution in [2.24, 2.45) is 0 Å². The first-order valence-electron chi connectivity index (χ1n) is 15.6. The summed E-state index contributed by atoms with van der Waals surface area (Å²) in [5.74, 6) is 0.958. The lowest BCUT2D eigenvalue weighted by Crippen LogP contribution is -2.30. The molecule has 48 heavy (non-hydrogen) atoms. The van der Waals surface area contributed by atoms with Crippen LogP contribution in [0.5, 0.6) is 11.5 Å². The summed E-state index contributed by atoms with van der Waals surface area (Å²) in [4.78, 5) is 24.9. The topological polar surface area (TPSA) is 72.8 Å². The van der Waals surface area contributed by atoms with Gasteiger partial charge in [-0.25, -0.2) is 4.79 Å². The minimum absolute atomic E-state index is 0. The smallest absolute Gasteiger partial charge is 0.343 e. The first-order chi connectivity index (χ1) is 21.3. The fourth-order valence-electron chi connectivity index (χ4n) is 6.75. The van der Waals surface area contributed by atoms with Gasteiger partial charge in [0.15, 0.2) is 5.78 Å². The number of carbonyl (C=O) groups excluding carboxylic acids is 2. The Labute approximate surface area is 290 Å². The standard InChI is InChI=1S/C39H42O5.4CH4/c1-28(41)29-8-12-31(13-9-29)38(2,24-7-27-40)32-16-22-36(23-17-32)44-37(42)30-10-14-33(15-11-30)39(25-5-4-6-26-39)34-18-20-35(43-3)21-19-34;;;;/h8-23,40H,4-7,24-27H2,1-3H3;4*1H4. The summed E-state index contributed by atoms with van der Waals surface area (Å²) in [6.07, 6.45) is 7.11. The highest BCUT2D eigenvalue weighted by Gasteiger charge is 2.36. The fourth-order valence-corrected chi connectivity index (χ4v) is 6.75. The quantitative estimate of drug-likeness (QED) is 0.0990. The Morgan fingerprint density at radius 3 is 1.62 bits per heavy atom. The van der Waals surface area contributed by atoms with E-state index in [1.54, 1.807) is 14.0 Å². The molecule has 1 atom stereocenters. The number of hydrogen-bond acceptors (Lipinski definition) is 5. The number of rotatable bonds is 11. The van der Waals surface area contributed by atoms with Gasteiger partial charge in [0.2, 0.25) is 0 Å². The molecular weight excluding hydrogens is 596 g/mol. The number of methoxy groups -OCH3 is 1. The van der Waals surface area contributed by atoms with E-state index in [0.29, 0.717) is 23.3 Å². The number of aliphatic hydroxyl groups excluding tert-OH is 1. The number of benzene rings is 4. The van der Waals surface area contributed by atoms with Crippen LogP contribution in [0, 0.1) is 0 Å². The molecule has 1 fully saturated rings. The second-order valence-corrected chi connectivity index (χ2v) is 12.2. The molecule has 260 valence electrons. The van der Waals surface area contributed by atoms with Gasteiger partial charge in [-0.15, -0.1) is 0 Å². The Morgan fingerprint density at radius 2 is 1.15 bits per heavy atom. The molecule has 0 aromatic heterocycles. The summed E-state index contributed by atoms with van der Waals surface area (Å²) < 4.78 is 11.2. The van der Waals surface area contributed by atoms with E-state index in [-0.39, 0.29) is 52.9 Å². The average molecular weight is 655 g/mol. The van der Waals surface area contributed by atoms with Crippen LogP contribution in [-0.4, -0.2) is 30.6 Å². The molecule has 1 aliphatic carbocycles. The van der Waals surface area contributed by atoms with Gasteiger partial charge in [0, 0.05) is 23.0 Å². The molecule has 4 aromatic rings. The van der Waals surface area contributed by atoms with Crippen LogP contribution in [0.15, 0.2) is 97.1 Å². The maximum Gasteiger partial charge on any atom is 0.343 e. The van der Waals surface area contributed by atoms with Gasteiger partial charge in [-0.2, -0.15) is 0 Å². The van der Waals surface area contributed by atoms with Crippen LogP contribution in [0.1, 0.15) is 131 Å². The molecule has 4 aromatic carbocycles. The highest BCUT2D eigenvalue weighted by Crippen LogP contribution is 2.45. The minimum atomic E-state index is -0.394. The first kappa shape index (κ1) is 41.8. The van der Waals surface area contributed by atoms with Crippen molar-refractivity contribution in [1.82, 2.24) is 0 Å². The Balaban J connectivity index is 0.00000288. The number of Topliss-reactive ketones (excluding diaryl/α,β-unsaturated/α-hetero) is 1. The average Bonchev–Trinajstić information content (AvgIpc) is 3.08. The van der Waals surface area contributed by atoms with Crippen molar-refractivity contribution in [2.45, 2.75) is 99.3 Å². The molecule has 0 bridgehead atoms. The predicted octanol–water partition coefficient (Wildman–Crippen LogP) is 11.0. The Kier molecular flexibility index (Phi) is 16.0. The van der Waals surface area contributed by atoms with Crippen molar-refractivity contribution in [3.8, 4) is 11.5 Å². The third-order valence-corrected chi connectivity index (χ3v) is 9.49. The van der Waals surface area contributed by atoms with Gasteiger partial charge >= 0.3 is 5.97 Å². The van der Waals surface area contributed by atoms with Crippen LogP contribution in [0.4, 0.5) is 0 Å². The number of ketones is 1. The highest BCUT2D eigenvalue weighted by molar-refractivity contribution is 5.94. The molecule has 1 unspecified atom stereocenters. The van der Waals surface area contributed by atoms with E-state index >= 15 is 0 Å². The zero-order chi connectivity index (χ0) is 31.2. The lowest BCUT2D eigenvalue weighted by molar-refractivity contribution is 0.0734.